The minimum Gasteiger partial charge on any atom is -0.310 e. The molecule has 0 bridgehead atoms. The minimum absolute atomic E-state index is 0.580. The first-order valence-corrected chi connectivity index (χ1v) is 22.5. The number of hydrogen-bond donors (Lipinski definition) is 0. The molecule has 1 unspecified atom stereocenters. The molecule has 1 atom stereocenters. The van der Waals surface area contributed by atoms with Crippen molar-refractivity contribution in [1.82, 2.24) is 0 Å². The summed E-state index contributed by atoms with van der Waals surface area (Å²) < 4.78 is 0. The summed E-state index contributed by atoms with van der Waals surface area (Å²) in [7, 11) is 0. The molecule has 0 heterocycles. The fourth-order valence-corrected chi connectivity index (χ4v) is 11.0. The molecule has 0 saturated carbocycles. The van der Waals surface area contributed by atoms with Crippen LogP contribution < -0.4 is 9.80 Å². The van der Waals surface area contributed by atoms with Crippen LogP contribution in [-0.2, 0) is 5.41 Å². The Morgan fingerprint density at radius 3 is 1.23 bits per heavy atom. The fraction of sp³-hybridized carbons (Fsp3) is 0.0159. The number of anilines is 6. The number of benzene rings is 11. The van der Waals surface area contributed by atoms with Crippen molar-refractivity contribution in [1.29, 1.82) is 0 Å². The molecule has 0 N–H and O–H groups in total. The molecule has 2 nitrogen and oxygen atoms in total. The van der Waals surface area contributed by atoms with Crippen LogP contribution in [0.3, 0.4) is 0 Å². The highest BCUT2D eigenvalue weighted by Crippen LogP contribution is 2.64. The SMILES string of the molecule is c1ccc(-c2cc3ccccc3cc2N(c2ccc3c(c2)C2(c4ccccc4-c4ccc(N(c5ccccc5)c5ccccc5)cc42)c2ccccc2-3)c2ccc3ccccc3c2)cc1. The molecule has 2 heteroatoms. The summed E-state index contributed by atoms with van der Waals surface area (Å²) in [5.74, 6) is 0. The third kappa shape index (κ3) is 5.74. The van der Waals surface area contributed by atoms with Gasteiger partial charge >= 0.3 is 0 Å². The van der Waals surface area contributed by atoms with Gasteiger partial charge in [0.2, 0.25) is 0 Å². The van der Waals surface area contributed by atoms with E-state index in [9.17, 15) is 0 Å². The highest BCUT2D eigenvalue weighted by molar-refractivity contribution is 6.02. The van der Waals surface area contributed by atoms with Gasteiger partial charge in [-0.2, -0.15) is 0 Å². The molecule has 0 aliphatic heterocycles. The van der Waals surface area contributed by atoms with Gasteiger partial charge in [0.1, 0.15) is 0 Å². The Kier molecular flexibility index (Phi) is 8.47. The average molecular weight is 827 g/mol. The first kappa shape index (κ1) is 37.1. The number of para-hydroxylation sites is 2. The Morgan fingerprint density at radius 1 is 0.231 bits per heavy atom. The lowest BCUT2D eigenvalue weighted by atomic mass is 9.70. The van der Waals surface area contributed by atoms with Gasteiger partial charge in [-0.25, -0.2) is 0 Å². The molecule has 13 rings (SSSR count). The molecule has 11 aromatic carbocycles. The molecule has 65 heavy (non-hydrogen) atoms. The van der Waals surface area contributed by atoms with Crippen molar-refractivity contribution in [3.8, 4) is 33.4 Å². The molecule has 2 aliphatic carbocycles. The van der Waals surface area contributed by atoms with Gasteiger partial charge in [0, 0.05) is 34.0 Å². The lowest BCUT2D eigenvalue weighted by molar-refractivity contribution is 0.793. The van der Waals surface area contributed by atoms with E-state index in [4.69, 9.17) is 0 Å². The Morgan fingerprint density at radius 2 is 0.646 bits per heavy atom. The van der Waals surface area contributed by atoms with Crippen molar-refractivity contribution in [2.75, 3.05) is 9.80 Å². The summed E-state index contributed by atoms with van der Waals surface area (Å²) in [5, 5.41) is 4.84. The smallest absolute Gasteiger partial charge is 0.0727 e. The van der Waals surface area contributed by atoms with E-state index >= 15 is 0 Å². The minimum atomic E-state index is -0.580. The highest BCUT2D eigenvalue weighted by Gasteiger charge is 2.52. The van der Waals surface area contributed by atoms with Gasteiger partial charge in [0.15, 0.2) is 0 Å². The molecule has 1 spiro atoms. The van der Waals surface area contributed by atoms with Crippen LogP contribution in [0.15, 0.2) is 255 Å². The van der Waals surface area contributed by atoms with Gasteiger partial charge in [-0.3, -0.25) is 0 Å². The lowest BCUT2D eigenvalue weighted by Crippen LogP contribution is -2.26. The van der Waals surface area contributed by atoms with Gasteiger partial charge < -0.3 is 9.80 Å². The van der Waals surface area contributed by atoms with Crippen molar-refractivity contribution in [2.24, 2.45) is 0 Å². The molecule has 0 amide bonds. The topological polar surface area (TPSA) is 6.48 Å². The highest BCUT2D eigenvalue weighted by atomic mass is 15.1. The average Bonchev–Trinajstić information content (AvgIpc) is 3.84. The summed E-state index contributed by atoms with van der Waals surface area (Å²) in [6.45, 7) is 0. The molecule has 0 radical (unpaired) electrons. The standard InChI is InChI=1S/C63H42N2/c1-4-19-44(20-5-1)57-39-46-22-12-13-23-47(46)40-62(57)65(50-33-32-43-18-10-11-21-45(43)38-50)52-35-37-56-54-29-15-17-31-59(54)63(61(56)42-52)58-30-16-14-28-53(58)55-36-34-51(41-60(55)63)64(48-24-6-2-7-25-48)49-26-8-3-9-27-49/h1-42H. The normalized spacial score (nSPS) is 14.2. The molecule has 0 aromatic heterocycles. The number of fused-ring (bicyclic) bond motifs is 12. The fourth-order valence-electron chi connectivity index (χ4n) is 11.0. The Labute approximate surface area is 379 Å². The van der Waals surface area contributed by atoms with Crippen LogP contribution in [0, 0.1) is 0 Å². The van der Waals surface area contributed by atoms with Crippen molar-refractivity contribution in [3.63, 3.8) is 0 Å². The van der Waals surface area contributed by atoms with Gasteiger partial charge in [-0.15, -0.1) is 0 Å². The maximum absolute atomic E-state index is 2.51. The summed E-state index contributed by atoms with van der Waals surface area (Å²) in [6.07, 6.45) is 0. The van der Waals surface area contributed by atoms with Crippen LogP contribution in [0.2, 0.25) is 0 Å². The second kappa shape index (κ2) is 14.8. The van der Waals surface area contributed by atoms with E-state index in [1.165, 1.54) is 77.2 Å². The second-order valence-corrected chi connectivity index (χ2v) is 17.3. The molecular weight excluding hydrogens is 785 g/mol. The monoisotopic (exact) mass is 826 g/mol. The summed E-state index contributed by atoms with van der Waals surface area (Å²) in [6, 6.07) is 94.1. The zero-order valence-corrected chi connectivity index (χ0v) is 35.6. The zero-order valence-electron chi connectivity index (χ0n) is 35.6. The Balaban J connectivity index is 1.10. The van der Waals surface area contributed by atoms with Crippen molar-refractivity contribution < 1.29 is 0 Å². The predicted molar refractivity (Wildman–Crippen MR) is 273 cm³/mol. The van der Waals surface area contributed by atoms with E-state index in [1.807, 2.05) is 0 Å². The summed E-state index contributed by atoms with van der Waals surface area (Å²) in [5.41, 5.74) is 18.8. The molecule has 11 aromatic rings. The quantitative estimate of drug-likeness (QED) is 0.158. The molecule has 2 aliphatic rings. The molecule has 0 saturated heterocycles. The first-order chi connectivity index (χ1) is 32.2. The van der Waals surface area contributed by atoms with Gasteiger partial charge in [-0.05, 0) is 144 Å². The Hall–Kier alpha value is -8.46. The number of rotatable bonds is 7. The van der Waals surface area contributed by atoms with Gasteiger partial charge in [0.05, 0.1) is 11.1 Å². The zero-order chi connectivity index (χ0) is 42.9. The van der Waals surface area contributed by atoms with E-state index < -0.39 is 5.41 Å². The van der Waals surface area contributed by atoms with Crippen molar-refractivity contribution in [2.45, 2.75) is 5.41 Å². The lowest BCUT2D eigenvalue weighted by Gasteiger charge is -2.34. The van der Waals surface area contributed by atoms with Crippen molar-refractivity contribution in [3.05, 3.63) is 277 Å². The molecular formula is C63H42N2. The van der Waals surface area contributed by atoms with E-state index in [-0.39, 0.29) is 0 Å². The number of nitrogens with zero attached hydrogens (tertiary/aromatic N) is 2. The van der Waals surface area contributed by atoms with E-state index in [1.54, 1.807) is 0 Å². The van der Waals surface area contributed by atoms with Crippen LogP contribution in [0.4, 0.5) is 34.1 Å². The van der Waals surface area contributed by atoms with E-state index in [2.05, 4.69) is 265 Å². The first-order valence-electron chi connectivity index (χ1n) is 22.5. The maximum atomic E-state index is 2.51. The van der Waals surface area contributed by atoms with Gasteiger partial charge in [-0.1, -0.05) is 182 Å². The molecule has 0 fully saturated rings. The van der Waals surface area contributed by atoms with E-state index in [0.717, 1.165) is 34.1 Å². The van der Waals surface area contributed by atoms with E-state index in [0.29, 0.717) is 0 Å². The van der Waals surface area contributed by atoms with Crippen LogP contribution in [0.25, 0.3) is 54.9 Å². The largest absolute Gasteiger partial charge is 0.310 e. The summed E-state index contributed by atoms with van der Waals surface area (Å²) in [4.78, 5) is 4.89. The van der Waals surface area contributed by atoms with Gasteiger partial charge in [0.25, 0.3) is 0 Å². The third-order valence-corrected chi connectivity index (χ3v) is 13.8. The summed E-state index contributed by atoms with van der Waals surface area (Å²) >= 11 is 0. The maximum Gasteiger partial charge on any atom is 0.0727 e. The van der Waals surface area contributed by atoms with Crippen LogP contribution in [0.5, 0.6) is 0 Å². The van der Waals surface area contributed by atoms with Crippen LogP contribution in [-0.4, -0.2) is 0 Å². The second-order valence-electron chi connectivity index (χ2n) is 17.3. The van der Waals surface area contributed by atoms with Crippen molar-refractivity contribution >= 4 is 55.7 Å². The third-order valence-electron chi connectivity index (χ3n) is 13.8. The van der Waals surface area contributed by atoms with Crippen LogP contribution in [0.1, 0.15) is 22.3 Å². The predicted octanol–water partition coefficient (Wildman–Crippen LogP) is 16.9. The number of hydrogen-bond acceptors (Lipinski definition) is 2. The Bertz CT molecular complexity index is 3560. The molecule has 304 valence electrons. The van der Waals surface area contributed by atoms with Crippen LogP contribution >= 0.6 is 0 Å².